The number of alkyl halides is 6. The van der Waals surface area contributed by atoms with Gasteiger partial charge in [-0.1, -0.05) is 60.7 Å². The third-order valence-corrected chi connectivity index (χ3v) is 11.3. The molecule has 0 aliphatic carbocycles. The summed E-state index contributed by atoms with van der Waals surface area (Å²) in [6.07, 6.45) is -7.27. The number of benzene rings is 4. The van der Waals surface area contributed by atoms with Gasteiger partial charge in [-0.15, -0.1) is 0 Å². The number of carbonyl (C=O) groups excluding carboxylic acids is 4. The van der Waals surface area contributed by atoms with E-state index in [0.717, 1.165) is 34.6 Å². The van der Waals surface area contributed by atoms with Crippen LogP contribution in [0, 0.1) is 0 Å². The van der Waals surface area contributed by atoms with Crippen LogP contribution in [0.5, 0.6) is 11.5 Å². The number of hydrogen-bond donors (Lipinski definition) is 2. The Labute approximate surface area is 329 Å². The molecule has 4 amide bonds. The van der Waals surface area contributed by atoms with Gasteiger partial charge in [-0.05, 0) is 73.2 Å². The molecule has 4 aliphatic heterocycles. The van der Waals surface area contributed by atoms with E-state index in [1.165, 1.54) is 46.2 Å². The van der Waals surface area contributed by atoms with Crippen LogP contribution in [0.25, 0.3) is 0 Å². The Morgan fingerprint density at radius 1 is 0.534 bits per heavy atom. The van der Waals surface area contributed by atoms with Crippen LogP contribution < -0.4 is 20.1 Å². The monoisotopic (exact) mass is 808 g/mol. The number of nitrogens with zero attached hydrogens (tertiary/aromatic N) is 2. The molecule has 2 saturated heterocycles. The number of halogens is 6. The number of fused-ring (bicyclic) bond motifs is 4. The number of anilines is 2. The van der Waals surface area contributed by atoms with E-state index in [-0.39, 0.29) is 23.3 Å². The average Bonchev–Trinajstić information content (AvgIpc) is 3.64. The van der Waals surface area contributed by atoms with Crippen LogP contribution in [0.2, 0.25) is 0 Å². The summed E-state index contributed by atoms with van der Waals surface area (Å²) < 4.78 is 88.6. The number of carbonyl (C=O) groups is 4. The highest BCUT2D eigenvalue weighted by Gasteiger charge is 2.50. The molecule has 58 heavy (non-hydrogen) atoms. The minimum Gasteiger partial charge on any atom is -0.483 e. The molecule has 2 N–H and O–H groups in total. The van der Waals surface area contributed by atoms with E-state index >= 15 is 0 Å². The van der Waals surface area contributed by atoms with Crippen molar-refractivity contribution in [3.05, 3.63) is 119 Å². The van der Waals surface area contributed by atoms with Crippen LogP contribution in [-0.2, 0) is 42.4 Å². The number of likely N-dealkylation sites (tertiary alicyclic amines) is 2. The van der Waals surface area contributed by atoms with Crippen molar-refractivity contribution in [2.24, 2.45) is 0 Å². The Hall–Kier alpha value is -6.06. The summed E-state index contributed by atoms with van der Waals surface area (Å²) in [4.78, 5) is 53.2. The van der Waals surface area contributed by atoms with E-state index in [2.05, 4.69) is 10.6 Å². The molecule has 10 nitrogen and oxygen atoms in total. The topological polar surface area (TPSA) is 117 Å². The van der Waals surface area contributed by atoms with Crippen molar-refractivity contribution < 1.29 is 55.0 Å². The predicted octanol–water partition coefficient (Wildman–Crippen LogP) is 7.19. The van der Waals surface area contributed by atoms with Crippen LogP contribution >= 0.6 is 0 Å². The first-order valence-electron chi connectivity index (χ1n) is 18.6. The van der Waals surface area contributed by atoms with Gasteiger partial charge in [0.1, 0.15) is 11.5 Å². The van der Waals surface area contributed by atoms with Gasteiger partial charge in [-0.2, -0.15) is 26.3 Å². The standard InChI is InChI=1S/2C21H19F3N2O3/c2*22-21(23,24)15-6-2-4-8-17(15)29-13-18(27)26-11-9-20(10-12-26)14-5-1-3-7-16(14)25-19(20)28/h2*1-8H,9-13H2,(H,25,28). The molecule has 4 aliphatic rings. The van der Waals surface area contributed by atoms with Gasteiger partial charge in [0.25, 0.3) is 11.8 Å². The Kier molecular flexibility index (Phi) is 10.9. The molecule has 0 radical (unpaired) electrons. The zero-order chi connectivity index (χ0) is 41.3. The van der Waals surface area contributed by atoms with Crippen molar-refractivity contribution in [1.82, 2.24) is 9.80 Å². The van der Waals surface area contributed by atoms with Crippen molar-refractivity contribution in [1.29, 1.82) is 0 Å². The summed E-state index contributed by atoms with van der Waals surface area (Å²) in [5, 5.41) is 5.79. The van der Waals surface area contributed by atoms with E-state index in [1.807, 2.05) is 48.5 Å². The number of piperidine rings is 2. The van der Waals surface area contributed by atoms with Crippen molar-refractivity contribution in [3.63, 3.8) is 0 Å². The molecule has 4 aromatic rings. The van der Waals surface area contributed by atoms with Crippen molar-refractivity contribution in [3.8, 4) is 11.5 Å². The second-order valence-electron chi connectivity index (χ2n) is 14.5. The van der Waals surface area contributed by atoms with E-state index < -0.39 is 59.3 Å². The van der Waals surface area contributed by atoms with Crippen LogP contribution in [0.4, 0.5) is 37.7 Å². The lowest BCUT2D eigenvalue weighted by atomic mass is 9.73. The lowest BCUT2D eigenvalue weighted by Gasteiger charge is -2.38. The normalized spacial score (nSPS) is 17.8. The first-order valence-corrected chi connectivity index (χ1v) is 18.6. The second kappa shape index (κ2) is 15.7. The Balaban J connectivity index is 0.000000177. The smallest absolute Gasteiger partial charge is 0.419 e. The fourth-order valence-corrected chi connectivity index (χ4v) is 8.13. The maximum absolute atomic E-state index is 13.0. The molecule has 304 valence electrons. The minimum absolute atomic E-state index is 0.0684. The maximum Gasteiger partial charge on any atom is 0.419 e. The third kappa shape index (κ3) is 7.79. The first kappa shape index (κ1) is 40.1. The van der Waals surface area contributed by atoms with Crippen molar-refractivity contribution >= 4 is 35.0 Å². The number of hydrogen-bond acceptors (Lipinski definition) is 6. The van der Waals surface area contributed by atoms with Gasteiger partial charge in [-0.3, -0.25) is 19.2 Å². The SMILES string of the molecule is O=C(COc1ccccc1C(F)(F)F)N1CCC2(CC1)C(=O)Nc1ccccc12.O=C(COc1ccccc1C(F)(F)F)N1CCC2(CC1)C(=O)Nc1ccccc12. The lowest BCUT2D eigenvalue weighted by Crippen LogP contribution is -2.49. The third-order valence-electron chi connectivity index (χ3n) is 11.3. The van der Waals surface area contributed by atoms with Crippen LogP contribution in [0.15, 0.2) is 97.1 Å². The summed E-state index contributed by atoms with van der Waals surface area (Å²) in [6, 6.07) is 24.6. The van der Waals surface area contributed by atoms with Gasteiger partial charge < -0.3 is 29.9 Å². The Morgan fingerprint density at radius 3 is 1.22 bits per heavy atom. The molecule has 0 saturated carbocycles. The number of rotatable bonds is 6. The van der Waals surface area contributed by atoms with Crippen LogP contribution in [0.1, 0.15) is 47.9 Å². The quantitative estimate of drug-likeness (QED) is 0.199. The van der Waals surface area contributed by atoms with Crippen LogP contribution in [0.3, 0.4) is 0 Å². The fraction of sp³-hybridized carbons (Fsp3) is 0.333. The van der Waals surface area contributed by atoms with Gasteiger partial charge >= 0.3 is 12.4 Å². The molecule has 4 heterocycles. The maximum atomic E-state index is 13.0. The molecular weight excluding hydrogens is 770 g/mol. The summed E-state index contributed by atoms with van der Waals surface area (Å²) >= 11 is 0. The van der Waals surface area contributed by atoms with Gasteiger partial charge in [0.05, 0.1) is 22.0 Å². The molecule has 2 spiro atoms. The zero-order valence-corrected chi connectivity index (χ0v) is 30.9. The fourth-order valence-electron chi connectivity index (χ4n) is 8.13. The average molecular weight is 809 g/mol. The molecule has 4 aromatic carbocycles. The predicted molar refractivity (Wildman–Crippen MR) is 199 cm³/mol. The number of ether oxygens (including phenoxy) is 2. The lowest BCUT2D eigenvalue weighted by molar-refractivity contribution is -0.141. The van der Waals surface area contributed by atoms with Crippen molar-refractivity contribution in [2.75, 3.05) is 50.0 Å². The van der Waals surface area contributed by atoms with E-state index in [9.17, 15) is 45.5 Å². The summed E-state index contributed by atoms with van der Waals surface area (Å²) in [7, 11) is 0. The molecule has 0 bridgehead atoms. The summed E-state index contributed by atoms with van der Waals surface area (Å²) in [5.41, 5.74) is 0.330. The van der Waals surface area contributed by atoms with Gasteiger partial charge in [-0.25, -0.2) is 0 Å². The number of amides is 4. The number of nitrogens with one attached hydrogen (secondary N) is 2. The summed E-state index contributed by atoms with van der Waals surface area (Å²) in [6.45, 7) is 0.386. The second-order valence-corrected chi connectivity index (χ2v) is 14.5. The van der Waals surface area contributed by atoms with E-state index in [1.54, 1.807) is 0 Å². The molecule has 0 aromatic heterocycles. The van der Waals surface area contributed by atoms with E-state index in [0.29, 0.717) is 51.9 Å². The van der Waals surface area contributed by atoms with Crippen LogP contribution in [-0.4, -0.2) is 72.8 Å². The first-order chi connectivity index (χ1) is 27.6. The Morgan fingerprint density at radius 2 is 0.862 bits per heavy atom. The molecule has 0 atom stereocenters. The summed E-state index contributed by atoms with van der Waals surface area (Å²) in [5.74, 6) is -1.67. The largest absolute Gasteiger partial charge is 0.483 e. The van der Waals surface area contributed by atoms with Gasteiger partial charge in [0.15, 0.2) is 13.2 Å². The van der Waals surface area contributed by atoms with Crippen molar-refractivity contribution in [2.45, 2.75) is 48.9 Å². The molecular formula is C42H38F6N4O6. The highest BCUT2D eigenvalue weighted by Crippen LogP contribution is 2.46. The van der Waals surface area contributed by atoms with Gasteiger partial charge in [0.2, 0.25) is 11.8 Å². The molecule has 8 rings (SSSR count). The zero-order valence-electron chi connectivity index (χ0n) is 30.9. The Bertz CT molecular complexity index is 2060. The molecule has 2 fully saturated rings. The highest BCUT2D eigenvalue weighted by molar-refractivity contribution is 6.07. The minimum atomic E-state index is -4.56. The van der Waals surface area contributed by atoms with E-state index in [4.69, 9.17) is 9.47 Å². The highest BCUT2D eigenvalue weighted by atomic mass is 19.4. The molecule has 0 unspecified atom stereocenters. The molecule has 16 heteroatoms. The van der Waals surface area contributed by atoms with Gasteiger partial charge in [0, 0.05) is 37.6 Å². The number of para-hydroxylation sites is 4.